The number of hydrogen-bond donors (Lipinski definition) is 1. The summed E-state index contributed by atoms with van der Waals surface area (Å²) in [6.07, 6.45) is 2.24. The maximum absolute atomic E-state index is 13.6. The van der Waals surface area contributed by atoms with Gasteiger partial charge in [-0.1, -0.05) is 31.5 Å². The van der Waals surface area contributed by atoms with Crippen LogP contribution in [0.25, 0.3) is 0 Å². The van der Waals surface area contributed by atoms with E-state index < -0.39 is 5.82 Å². The quantitative estimate of drug-likeness (QED) is 0.877. The van der Waals surface area contributed by atoms with Crippen LogP contribution in [0.1, 0.15) is 24.5 Å². The van der Waals surface area contributed by atoms with Crippen LogP contribution < -0.4 is 10.1 Å². The maximum Gasteiger partial charge on any atom is 0.228 e. The summed E-state index contributed by atoms with van der Waals surface area (Å²) < 4.78 is 18.4. The minimum absolute atomic E-state index is 0.123. The standard InChI is InChI=1S/C18H20FNO2/c1-3-4-13-5-8-15(9-6-13)20-18(21)12-14-7-10-17(22-2)16(19)11-14/h5-11H,3-4,12H2,1-2H3,(H,20,21). The highest BCUT2D eigenvalue weighted by atomic mass is 19.1. The number of carbonyl (C=O) groups is 1. The topological polar surface area (TPSA) is 38.3 Å². The highest BCUT2D eigenvalue weighted by Gasteiger charge is 2.08. The number of aryl methyl sites for hydroxylation is 1. The average molecular weight is 301 g/mol. The van der Waals surface area contributed by atoms with Gasteiger partial charge in [0.2, 0.25) is 5.91 Å². The molecule has 2 aromatic rings. The summed E-state index contributed by atoms with van der Waals surface area (Å²) in [6.45, 7) is 2.13. The van der Waals surface area contributed by atoms with E-state index in [1.807, 2.05) is 24.3 Å². The van der Waals surface area contributed by atoms with Gasteiger partial charge in [0.25, 0.3) is 0 Å². The first-order valence-corrected chi connectivity index (χ1v) is 7.33. The first-order chi connectivity index (χ1) is 10.6. The molecule has 116 valence electrons. The van der Waals surface area contributed by atoms with Crippen LogP contribution in [-0.2, 0) is 17.6 Å². The lowest BCUT2D eigenvalue weighted by atomic mass is 10.1. The Bertz CT molecular complexity index is 638. The van der Waals surface area contributed by atoms with Crippen LogP contribution in [0, 0.1) is 5.82 Å². The predicted molar refractivity (Wildman–Crippen MR) is 85.7 cm³/mol. The molecular formula is C18H20FNO2. The van der Waals surface area contributed by atoms with Crippen molar-refractivity contribution < 1.29 is 13.9 Å². The van der Waals surface area contributed by atoms with Crippen LogP contribution in [-0.4, -0.2) is 13.0 Å². The molecule has 4 heteroatoms. The summed E-state index contributed by atoms with van der Waals surface area (Å²) in [5, 5.41) is 2.82. The molecule has 0 aliphatic carbocycles. The molecule has 2 rings (SSSR count). The van der Waals surface area contributed by atoms with Crippen LogP contribution >= 0.6 is 0 Å². The second-order valence-corrected chi connectivity index (χ2v) is 5.14. The highest BCUT2D eigenvalue weighted by molar-refractivity contribution is 5.92. The van der Waals surface area contributed by atoms with Gasteiger partial charge in [0.15, 0.2) is 11.6 Å². The van der Waals surface area contributed by atoms with E-state index in [9.17, 15) is 9.18 Å². The summed E-state index contributed by atoms with van der Waals surface area (Å²) in [4.78, 5) is 12.0. The Morgan fingerprint density at radius 1 is 1.14 bits per heavy atom. The third-order valence-electron chi connectivity index (χ3n) is 3.36. The van der Waals surface area contributed by atoms with Crippen molar-refractivity contribution in [1.29, 1.82) is 0 Å². The van der Waals surface area contributed by atoms with Crippen molar-refractivity contribution in [2.24, 2.45) is 0 Å². The third-order valence-corrected chi connectivity index (χ3v) is 3.36. The van der Waals surface area contributed by atoms with Crippen LogP contribution in [0.4, 0.5) is 10.1 Å². The van der Waals surface area contributed by atoms with Crippen LogP contribution in [0.15, 0.2) is 42.5 Å². The Morgan fingerprint density at radius 3 is 2.41 bits per heavy atom. The Morgan fingerprint density at radius 2 is 1.82 bits per heavy atom. The number of carbonyl (C=O) groups excluding carboxylic acids is 1. The molecule has 0 heterocycles. The number of halogens is 1. The lowest BCUT2D eigenvalue weighted by molar-refractivity contribution is -0.115. The normalized spacial score (nSPS) is 10.3. The van der Waals surface area contributed by atoms with Gasteiger partial charge in [-0.15, -0.1) is 0 Å². The first-order valence-electron chi connectivity index (χ1n) is 7.33. The van der Waals surface area contributed by atoms with Gasteiger partial charge in [-0.05, 0) is 41.8 Å². The molecule has 0 aliphatic heterocycles. The third kappa shape index (κ3) is 4.32. The lowest BCUT2D eigenvalue weighted by Gasteiger charge is -2.08. The lowest BCUT2D eigenvalue weighted by Crippen LogP contribution is -2.14. The number of ether oxygens (including phenoxy) is 1. The van der Waals surface area contributed by atoms with Gasteiger partial charge < -0.3 is 10.1 Å². The molecule has 0 aromatic heterocycles. The molecule has 0 bridgehead atoms. The summed E-state index contributed by atoms with van der Waals surface area (Å²) >= 11 is 0. The van der Waals surface area contributed by atoms with Gasteiger partial charge in [0.1, 0.15) is 0 Å². The van der Waals surface area contributed by atoms with Gasteiger partial charge in [0.05, 0.1) is 13.5 Å². The fraction of sp³-hybridized carbons (Fsp3) is 0.278. The summed E-state index contributed by atoms with van der Waals surface area (Å²) in [7, 11) is 1.41. The van der Waals surface area contributed by atoms with E-state index in [1.54, 1.807) is 6.07 Å². The molecule has 2 aromatic carbocycles. The number of benzene rings is 2. The zero-order chi connectivity index (χ0) is 15.9. The number of rotatable bonds is 6. The van der Waals surface area contributed by atoms with E-state index in [0.717, 1.165) is 18.5 Å². The number of amides is 1. The van der Waals surface area contributed by atoms with E-state index >= 15 is 0 Å². The van der Waals surface area contributed by atoms with Gasteiger partial charge in [-0.3, -0.25) is 4.79 Å². The molecule has 0 radical (unpaired) electrons. The van der Waals surface area contributed by atoms with Crippen molar-refractivity contribution in [2.75, 3.05) is 12.4 Å². The van der Waals surface area contributed by atoms with Crippen molar-refractivity contribution >= 4 is 11.6 Å². The van der Waals surface area contributed by atoms with Crippen molar-refractivity contribution in [3.05, 3.63) is 59.4 Å². The molecule has 1 N–H and O–H groups in total. The first kappa shape index (κ1) is 16.0. The minimum Gasteiger partial charge on any atom is -0.494 e. The fourth-order valence-electron chi connectivity index (χ4n) is 2.25. The molecule has 0 spiro atoms. The molecule has 0 saturated carbocycles. The summed E-state index contributed by atoms with van der Waals surface area (Å²) in [6, 6.07) is 12.3. The molecule has 0 fully saturated rings. The fourth-order valence-corrected chi connectivity index (χ4v) is 2.25. The molecule has 22 heavy (non-hydrogen) atoms. The number of anilines is 1. The molecule has 1 amide bonds. The Kier molecular flexibility index (Phi) is 5.53. The predicted octanol–water partition coefficient (Wildman–Crippen LogP) is 3.97. The van der Waals surface area contributed by atoms with Gasteiger partial charge in [-0.2, -0.15) is 0 Å². The van der Waals surface area contributed by atoms with Crippen molar-refractivity contribution in [1.82, 2.24) is 0 Å². The Hall–Kier alpha value is -2.36. The smallest absolute Gasteiger partial charge is 0.228 e. The van der Waals surface area contributed by atoms with Crippen molar-refractivity contribution in [3.8, 4) is 5.75 Å². The number of nitrogens with one attached hydrogen (secondary N) is 1. The summed E-state index contributed by atoms with van der Waals surface area (Å²) in [5.74, 6) is -0.458. The number of hydrogen-bond acceptors (Lipinski definition) is 2. The molecule has 0 atom stereocenters. The van der Waals surface area contributed by atoms with E-state index in [1.165, 1.54) is 24.8 Å². The zero-order valence-electron chi connectivity index (χ0n) is 12.9. The SMILES string of the molecule is CCCc1ccc(NC(=O)Cc2ccc(OC)c(F)c2)cc1. The molecule has 0 saturated heterocycles. The van der Waals surface area contributed by atoms with Crippen LogP contribution in [0.2, 0.25) is 0 Å². The van der Waals surface area contributed by atoms with E-state index in [4.69, 9.17) is 4.74 Å². The summed E-state index contributed by atoms with van der Waals surface area (Å²) in [5.41, 5.74) is 2.61. The monoisotopic (exact) mass is 301 g/mol. The Labute approximate surface area is 130 Å². The molecule has 0 unspecified atom stereocenters. The second-order valence-electron chi connectivity index (χ2n) is 5.14. The van der Waals surface area contributed by atoms with E-state index in [0.29, 0.717) is 5.56 Å². The van der Waals surface area contributed by atoms with Gasteiger partial charge in [-0.25, -0.2) is 4.39 Å². The van der Waals surface area contributed by atoms with Crippen molar-refractivity contribution in [3.63, 3.8) is 0 Å². The molecule has 0 aliphatic rings. The maximum atomic E-state index is 13.6. The van der Waals surface area contributed by atoms with E-state index in [-0.39, 0.29) is 18.1 Å². The van der Waals surface area contributed by atoms with Crippen LogP contribution in [0.3, 0.4) is 0 Å². The van der Waals surface area contributed by atoms with Gasteiger partial charge in [0, 0.05) is 5.69 Å². The zero-order valence-corrected chi connectivity index (χ0v) is 12.9. The van der Waals surface area contributed by atoms with Crippen molar-refractivity contribution in [2.45, 2.75) is 26.2 Å². The van der Waals surface area contributed by atoms with Crippen LogP contribution in [0.5, 0.6) is 5.75 Å². The van der Waals surface area contributed by atoms with Gasteiger partial charge >= 0.3 is 0 Å². The average Bonchev–Trinajstić information content (AvgIpc) is 2.50. The number of methoxy groups -OCH3 is 1. The van der Waals surface area contributed by atoms with E-state index in [2.05, 4.69) is 12.2 Å². The second kappa shape index (κ2) is 7.59. The minimum atomic E-state index is -0.461. The Balaban J connectivity index is 1.96. The largest absolute Gasteiger partial charge is 0.494 e. The molecule has 3 nitrogen and oxygen atoms in total. The molecular weight excluding hydrogens is 281 g/mol. The highest BCUT2D eigenvalue weighted by Crippen LogP contribution is 2.18.